The van der Waals surface area contributed by atoms with E-state index in [4.69, 9.17) is 0 Å². The van der Waals surface area contributed by atoms with Crippen LogP contribution in [0.25, 0.3) is 0 Å². The summed E-state index contributed by atoms with van der Waals surface area (Å²) in [6.45, 7) is 1.43. The van der Waals surface area contributed by atoms with Crippen molar-refractivity contribution < 1.29 is 4.79 Å². The first-order valence-electron chi connectivity index (χ1n) is 9.68. The van der Waals surface area contributed by atoms with Gasteiger partial charge in [-0.3, -0.25) is 9.78 Å². The molecular weight excluding hydrogens is 320 g/mol. The van der Waals surface area contributed by atoms with E-state index >= 15 is 0 Å². The van der Waals surface area contributed by atoms with E-state index in [0.29, 0.717) is 12.5 Å². The van der Waals surface area contributed by atoms with Gasteiger partial charge >= 0.3 is 0 Å². The molecule has 0 N–H and O–H groups in total. The van der Waals surface area contributed by atoms with Gasteiger partial charge in [-0.1, -0.05) is 48.6 Å². The van der Waals surface area contributed by atoms with Crippen molar-refractivity contribution >= 4 is 5.91 Å². The largest absolute Gasteiger partial charge is 0.336 e. The molecule has 0 saturated heterocycles. The van der Waals surface area contributed by atoms with Crippen LogP contribution in [0.1, 0.15) is 43.4 Å². The molecule has 0 aliphatic heterocycles. The van der Waals surface area contributed by atoms with Crippen molar-refractivity contribution in [2.45, 2.75) is 44.1 Å². The number of allylic oxidation sites excluding steroid dienone is 2. The van der Waals surface area contributed by atoms with Crippen LogP contribution in [-0.2, 0) is 16.8 Å². The van der Waals surface area contributed by atoms with Gasteiger partial charge in [-0.25, -0.2) is 0 Å². The number of pyridine rings is 1. The van der Waals surface area contributed by atoms with E-state index in [0.717, 1.165) is 37.9 Å². The zero-order valence-corrected chi connectivity index (χ0v) is 15.2. The van der Waals surface area contributed by atoms with Crippen LogP contribution in [0, 0.1) is 5.92 Å². The normalized spacial score (nSPS) is 20.5. The van der Waals surface area contributed by atoms with Crippen LogP contribution in [0.2, 0.25) is 0 Å². The van der Waals surface area contributed by atoms with Gasteiger partial charge in [-0.2, -0.15) is 0 Å². The monoisotopic (exact) mass is 346 g/mol. The summed E-state index contributed by atoms with van der Waals surface area (Å²) < 4.78 is 0. The first-order chi connectivity index (χ1) is 12.8. The zero-order valence-electron chi connectivity index (χ0n) is 15.2. The third-order valence-electron chi connectivity index (χ3n) is 5.71. The van der Waals surface area contributed by atoms with Gasteiger partial charge in [0.15, 0.2) is 0 Å². The molecule has 1 fully saturated rings. The van der Waals surface area contributed by atoms with Gasteiger partial charge in [0, 0.05) is 12.7 Å². The first-order valence-corrected chi connectivity index (χ1v) is 9.68. The third kappa shape index (κ3) is 3.57. The van der Waals surface area contributed by atoms with Crippen LogP contribution >= 0.6 is 0 Å². The van der Waals surface area contributed by atoms with Gasteiger partial charge in [0.05, 0.1) is 17.7 Å². The van der Waals surface area contributed by atoms with Gasteiger partial charge in [-0.15, -0.1) is 0 Å². The van der Waals surface area contributed by atoms with E-state index in [1.807, 2.05) is 42.6 Å². The summed E-state index contributed by atoms with van der Waals surface area (Å²) in [6, 6.07) is 16.2. The topological polar surface area (TPSA) is 33.2 Å². The van der Waals surface area contributed by atoms with Crippen molar-refractivity contribution in [1.29, 1.82) is 0 Å². The lowest BCUT2D eigenvalue weighted by Crippen LogP contribution is -2.42. The molecule has 0 spiro atoms. The molecule has 0 radical (unpaired) electrons. The van der Waals surface area contributed by atoms with Crippen LogP contribution in [0.5, 0.6) is 0 Å². The Morgan fingerprint density at radius 3 is 2.54 bits per heavy atom. The average molecular weight is 346 g/mol. The molecule has 1 atom stereocenters. The first kappa shape index (κ1) is 17.0. The molecule has 1 amide bonds. The Bertz CT molecular complexity index is 765. The van der Waals surface area contributed by atoms with Gasteiger partial charge in [0.2, 0.25) is 5.91 Å². The lowest BCUT2D eigenvalue weighted by Gasteiger charge is -2.31. The molecule has 0 bridgehead atoms. The van der Waals surface area contributed by atoms with E-state index in [1.54, 1.807) is 0 Å². The Labute approximate surface area is 155 Å². The molecule has 1 saturated carbocycles. The van der Waals surface area contributed by atoms with Crippen molar-refractivity contribution in [3.8, 4) is 0 Å². The number of nitrogens with zero attached hydrogens (tertiary/aromatic N) is 2. The molecule has 1 aromatic carbocycles. The summed E-state index contributed by atoms with van der Waals surface area (Å²) in [5.74, 6) is 0.836. The minimum atomic E-state index is -0.305. The minimum Gasteiger partial charge on any atom is -0.336 e. The summed E-state index contributed by atoms with van der Waals surface area (Å²) in [6.07, 6.45) is 11.6. The Morgan fingerprint density at radius 2 is 1.88 bits per heavy atom. The molecular formula is C23H26N2O. The quantitative estimate of drug-likeness (QED) is 0.722. The van der Waals surface area contributed by atoms with Crippen LogP contribution < -0.4 is 0 Å². The van der Waals surface area contributed by atoms with Gasteiger partial charge in [-0.05, 0) is 55.7 Å². The summed E-state index contributed by atoms with van der Waals surface area (Å²) in [5.41, 5.74) is 1.83. The van der Waals surface area contributed by atoms with Crippen LogP contribution in [0.15, 0.2) is 66.9 Å². The zero-order chi connectivity index (χ0) is 17.8. The fourth-order valence-electron chi connectivity index (χ4n) is 4.05. The summed E-state index contributed by atoms with van der Waals surface area (Å²) in [5, 5.41) is 0. The van der Waals surface area contributed by atoms with Crippen LogP contribution in [0.4, 0.5) is 0 Å². The summed E-state index contributed by atoms with van der Waals surface area (Å²) in [4.78, 5) is 20.1. The Kier molecular flexibility index (Phi) is 4.87. The van der Waals surface area contributed by atoms with E-state index in [-0.39, 0.29) is 11.3 Å². The molecule has 1 unspecified atom stereocenters. The van der Waals surface area contributed by atoms with Crippen molar-refractivity contribution in [3.63, 3.8) is 0 Å². The highest BCUT2D eigenvalue weighted by Gasteiger charge is 2.53. The highest BCUT2D eigenvalue weighted by Crippen LogP contribution is 2.49. The molecule has 1 heterocycles. The molecule has 2 aliphatic rings. The SMILES string of the molecule is O=C(N(Cc1ccccn1)CC1CC=CCC1)C1(c2ccccc2)CC1. The fraction of sp³-hybridized carbons (Fsp3) is 0.391. The second kappa shape index (κ2) is 7.45. The molecule has 134 valence electrons. The molecule has 26 heavy (non-hydrogen) atoms. The number of hydrogen-bond acceptors (Lipinski definition) is 2. The Morgan fingerprint density at radius 1 is 1.08 bits per heavy atom. The standard InChI is InChI=1S/C23H26N2O/c26-22(23(14-15-23)20-11-5-2-6-12-20)25(17-19-9-3-1-4-10-19)18-21-13-7-8-16-24-21/h1-3,5-8,11-13,16,19H,4,9-10,14-15,17-18H2. The molecule has 4 rings (SSSR count). The molecule has 2 aliphatic carbocycles. The number of aromatic nitrogens is 1. The Balaban J connectivity index is 1.57. The van der Waals surface area contributed by atoms with E-state index in [1.165, 1.54) is 12.0 Å². The maximum Gasteiger partial charge on any atom is 0.233 e. The highest BCUT2D eigenvalue weighted by molar-refractivity contribution is 5.91. The Hall–Kier alpha value is -2.42. The lowest BCUT2D eigenvalue weighted by atomic mass is 9.91. The van der Waals surface area contributed by atoms with Gasteiger partial charge < -0.3 is 4.90 Å². The minimum absolute atomic E-state index is 0.281. The van der Waals surface area contributed by atoms with Crippen LogP contribution in [0.3, 0.4) is 0 Å². The predicted octanol–water partition coefficient (Wildman–Crippen LogP) is 4.50. The van der Waals surface area contributed by atoms with Crippen molar-refractivity contribution in [3.05, 3.63) is 78.1 Å². The number of hydrogen-bond donors (Lipinski definition) is 0. The van der Waals surface area contributed by atoms with Crippen molar-refractivity contribution in [2.24, 2.45) is 5.92 Å². The second-order valence-electron chi connectivity index (χ2n) is 7.61. The number of amides is 1. The average Bonchev–Trinajstić information content (AvgIpc) is 3.51. The molecule has 2 aromatic rings. The second-order valence-corrected chi connectivity index (χ2v) is 7.61. The summed E-state index contributed by atoms with van der Waals surface area (Å²) >= 11 is 0. The smallest absolute Gasteiger partial charge is 0.233 e. The van der Waals surface area contributed by atoms with Gasteiger partial charge in [0.25, 0.3) is 0 Å². The number of rotatable bonds is 6. The summed E-state index contributed by atoms with van der Waals surface area (Å²) in [7, 11) is 0. The van der Waals surface area contributed by atoms with Crippen molar-refractivity contribution in [2.75, 3.05) is 6.54 Å². The van der Waals surface area contributed by atoms with E-state index < -0.39 is 0 Å². The van der Waals surface area contributed by atoms with E-state index in [9.17, 15) is 4.79 Å². The predicted molar refractivity (Wildman–Crippen MR) is 103 cm³/mol. The van der Waals surface area contributed by atoms with Gasteiger partial charge in [0.1, 0.15) is 0 Å². The highest BCUT2D eigenvalue weighted by atomic mass is 16.2. The van der Waals surface area contributed by atoms with E-state index in [2.05, 4.69) is 34.2 Å². The maximum absolute atomic E-state index is 13.6. The maximum atomic E-state index is 13.6. The number of benzene rings is 1. The molecule has 1 aromatic heterocycles. The number of carbonyl (C=O) groups excluding carboxylic acids is 1. The lowest BCUT2D eigenvalue weighted by molar-refractivity contribution is -0.135. The third-order valence-corrected chi connectivity index (χ3v) is 5.71. The number of carbonyl (C=O) groups is 1. The molecule has 3 heteroatoms. The fourth-order valence-corrected chi connectivity index (χ4v) is 4.05. The van der Waals surface area contributed by atoms with Crippen molar-refractivity contribution in [1.82, 2.24) is 9.88 Å². The van der Waals surface area contributed by atoms with Crippen LogP contribution in [-0.4, -0.2) is 22.3 Å². The molecule has 3 nitrogen and oxygen atoms in total.